The molecule has 4 rings (SSSR count). The zero-order chi connectivity index (χ0) is 25.5. The number of piperidine rings is 1. The van der Waals surface area contributed by atoms with E-state index in [0.717, 1.165) is 48.2 Å². The summed E-state index contributed by atoms with van der Waals surface area (Å²) in [5.41, 5.74) is 6.57. The first-order chi connectivity index (χ1) is 17.4. The molecular formula is C29H33BrFN3O2. The van der Waals surface area contributed by atoms with Crippen LogP contribution in [0.25, 0.3) is 0 Å². The highest BCUT2D eigenvalue weighted by Crippen LogP contribution is 2.35. The minimum atomic E-state index is -0.301. The third-order valence-corrected chi connectivity index (χ3v) is 7.08. The van der Waals surface area contributed by atoms with Crippen LogP contribution in [-0.2, 0) is 16.0 Å². The van der Waals surface area contributed by atoms with Gasteiger partial charge in [0, 0.05) is 41.6 Å². The lowest BCUT2D eigenvalue weighted by molar-refractivity contribution is -0.143. The molecule has 36 heavy (non-hydrogen) atoms. The smallest absolute Gasteiger partial charge is 0.306 e. The predicted molar refractivity (Wildman–Crippen MR) is 146 cm³/mol. The summed E-state index contributed by atoms with van der Waals surface area (Å²) < 4.78 is 20.5. The fourth-order valence-electron chi connectivity index (χ4n) is 4.72. The van der Waals surface area contributed by atoms with Gasteiger partial charge in [0.05, 0.1) is 6.61 Å². The number of nitrogens with zero attached hydrogens (tertiary/aromatic N) is 2. The van der Waals surface area contributed by atoms with Crippen LogP contribution in [0.1, 0.15) is 51.5 Å². The van der Waals surface area contributed by atoms with Gasteiger partial charge in [-0.05, 0) is 103 Å². The van der Waals surface area contributed by atoms with Crippen molar-refractivity contribution in [2.45, 2.75) is 52.4 Å². The Bertz CT molecular complexity index is 1190. The molecule has 0 saturated carbocycles. The van der Waals surface area contributed by atoms with E-state index in [-0.39, 0.29) is 18.2 Å². The molecule has 0 amide bonds. The van der Waals surface area contributed by atoms with Crippen LogP contribution in [0.5, 0.6) is 0 Å². The molecule has 0 bridgehead atoms. The second-order valence-corrected chi connectivity index (χ2v) is 10.1. The van der Waals surface area contributed by atoms with Gasteiger partial charge >= 0.3 is 5.97 Å². The summed E-state index contributed by atoms with van der Waals surface area (Å²) in [6, 6.07) is 9.24. The number of fused-ring (bicyclic) bond motifs is 1. The molecule has 0 unspecified atom stereocenters. The van der Waals surface area contributed by atoms with Gasteiger partial charge in [0.2, 0.25) is 0 Å². The highest BCUT2D eigenvalue weighted by atomic mass is 79.9. The van der Waals surface area contributed by atoms with Gasteiger partial charge in [-0.2, -0.15) is 0 Å². The van der Waals surface area contributed by atoms with Crippen molar-refractivity contribution in [2.24, 2.45) is 0 Å². The molecule has 1 N–H and O–H groups in total. The largest absolute Gasteiger partial charge is 0.466 e. The number of aromatic nitrogens is 1. The average molecular weight is 555 g/mol. The van der Waals surface area contributed by atoms with E-state index in [1.807, 2.05) is 18.3 Å². The Hall–Kier alpha value is -2.93. The van der Waals surface area contributed by atoms with Crippen LogP contribution in [0, 0.1) is 5.82 Å². The number of allylic oxidation sites excluding steroid dienone is 4. The van der Waals surface area contributed by atoms with Gasteiger partial charge in [-0.15, -0.1) is 0 Å². The van der Waals surface area contributed by atoms with Crippen LogP contribution >= 0.6 is 15.9 Å². The van der Waals surface area contributed by atoms with Crippen LogP contribution in [-0.4, -0.2) is 30.6 Å². The second kappa shape index (κ2) is 12.3. The molecule has 7 heteroatoms. The van der Waals surface area contributed by atoms with E-state index in [4.69, 9.17) is 4.74 Å². The molecule has 2 heterocycles. The van der Waals surface area contributed by atoms with Gasteiger partial charge < -0.3 is 15.0 Å². The maximum Gasteiger partial charge on any atom is 0.306 e. The minimum absolute atomic E-state index is 0.184. The Kier molecular flexibility index (Phi) is 8.97. The van der Waals surface area contributed by atoms with E-state index in [1.54, 1.807) is 13.0 Å². The molecule has 1 aromatic carbocycles. The Balaban J connectivity index is 1.42. The quantitative estimate of drug-likeness (QED) is 0.353. The van der Waals surface area contributed by atoms with Gasteiger partial charge in [-0.1, -0.05) is 23.8 Å². The van der Waals surface area contributed by atoms with Crippen LogP contribution in [0.2, 0.25) is 0 Å². The van der Waals surface area contributed by atoms with E-state index >= 15 is 0 Å². The van der Waals surface area contributed by atoms with Crippen molar-refractivity contribution in [1.29, 1.82) is 0 Å². The van der Waals surface area contributed by atoms with Crippen molar-refractivity contribution in [3.05, 3.63) is 87.0 Å². The lowest BCUT2D eigenvalue weighted by Gasteiger charge is -2.35. The van der Waals surface area contributed by atoms with Crippen molar-refractivity contribution >= 4 is 33.4 Å². The average Bonchev–Trinajstić information content (AvgIpc) is 2.87. The number of nitrogens with one attached hydrogen (secondary N) is 1. The first kappa shape index (κ1) is 26.1. The normalized spacial score (nSPS) is 15.9. The topological polar surface area (TPSA) is 54.5 Å². The Morgan fingerprint density at radius 3 is 2.81 bits per heavy atom. The van der Waals surface area contributed by atoms with E-state index < -0.39 is 0 Å². The molecule has 2 aromatic rings. The molecule has 1 fully saturated rings. The van der Waals surface area contributed by atoms with E-state index in [9.17, 15) is 9.18 Å². The molecule has 1 aliphatic heterocycles. The highest BCUT2D eigenvalue weighted by Gasteiger charge is 2.24. The molecule has 190 valence electrons. The number of esters is 1. The van der Waals surface area contributed by atoms with Crippen LogP contribution in [0.3, 0.4) is 0 Å². The number of rotatable bonds is 8. The van der Waals surface area contributed by atoms with Crippen molar-refractivity contribution in [1.82, 2.24) is 4.98 Å². The number of hydrogen-bond acceptors (Lipinski definition) is 5. The standard InChI is InChI=1S/C29H33BrFN3O2/c1-3-36-28(35)15-11-22-10-13-25(17-26(22)31)32-18-21-7-6-20(2)29-23(9-8-21)5-4-16-34(29)27-14-12-24(30)19-33-27/h8-10,12-14,17,19,32H,3-7,11,15-16,18H2,1-2H3. The number of ether oxygens (including phenoxy) is 1. The zero-order valence-electron chi connectivity index (χ0n) is 20.9. The zero-order valence-corrected chi connectivity index (χ0v) is 22.5. The molecule has 5 nitrogen and oxygen atoms in total. The Labute approximate surface area is 221 Å². The Morgan fingerprint density at radius 2 is 2.06 bits per heavy atom. The highest BCUT2D eigenvalue weighted by molar-refractivity contribution is 9.10. The third kappa shape index (κ3) is 6.64. The molecule has 1 aliphatic carbocycles. The van der Waals surface area contributed by atoms with Gasteiger partial charge in [0.15, 0.2) is 0 Å². The molecule has 0 radical (unpaired) electrons. The summed E-state index contributed by atoms with van der Waals surface area (Å²) in [6.07, 6.45) is 10.9. The predicted octanol–water partition coefficient (Wildman–Crippen LogP) is 7.11. The first-order valence-electron chi connectivity index (χ1n) is 12.6. The number of anilines is 2. The van der Waals surface area contributed by atoms with Gasteiger partial charge in [0.25, 0.3) is 0 Å². The second-order valence-electron chi connectivity index (χ2n) is 9.20. The van der Waals surface area contributed by atoms with Crippen LogP contribution in [0.15, 0.2) is 75.6 Å². The van der Waals surface area contributed by atoms with Crippen molar-refractivity contribution in [3.8, 4) is 0 Å². The van der Waals surface area contributed by atoms with Gasteiger partial charge in [-0.25, -0.2) is 9.37 Å². The fourth-order valence-corrected chi connectivity index (χ4v) is 4.95. The van der Waals surface area contributed by atoms with Gasteiger partial charge in [-0.3, -0.25) is 4.79 Å². The molecule has 0 spiro atoms. The SMILES string of the molecule is CCOC(=O)CCc1ccc(NCC2=CC=C3CCCN(c4ccc(Br)cn4)C3=C(C)CC2)cc1F. The van der Waals surface area contributed by atoms with Gasteiger partial charge in [0.1, 0.15) is 11.6 Å². The molecule has 2 aliphatic rings. The summed E-state index contributed by atoms with van der Waals surface area (Å²) in [5.74, 6) is 0.383. The van der Waals surface area contributed by atoms with Crippen molar-refractivity contribution in [3.63, 3.8) is 0 Å². The fraction of sp³-hybridized carbons (Fsp3) is 0.379. The summed E-state index contributed by atoms with van der Waals surface area (Å²) in [6.45, 7) is 5.96. The maximum atomic E-state index is 14.6. The van der Waals surface area contributed by atoms with E-state index in [2.05, 4.69) is 56.3 Å². The lowest BCUT2D eigenvalue weighted by atomic mass is 9.91. The summed E-state index contributed by atoms with van der Waals surface area (Å²) >= 11 is 3.48. The number of pyridine rings is 1. The van der Waals surface area contributed by atoms with E-state index in [0.29, 0.717) is 25.1 Å². The monoisotopic (exact) mass is 553 g/mol. The maximum absolute atomic E-state index is 14.6. The minimum Gasteiger partial charge on any atom is -0.466 e. The number of benzene rings is 1. The number of aryl methyl sites for hydroxylation is 1. The van der Waals surface area contributed by atoms with Crippen LogP contribution < -0.4 is 10.2 Å². The molecular weight excluding hydrogens is 521 g/mol. The van der Waals surface area contributed by atoms with Crippen LogP contribution in [0.4, 0.5) is 15.9 Å². The van der Waals surface area contributed by atoms with E-state index in [1.165, 1.54) is 28.5 Å². The first-order valence-corrected chi connectivity index (χ1v) is 13.4. The molecule has 1 saturated heterocycles. The third-order valence-electron chi connectivity index (χ3n) is 6.61. The molecule has 0 atom stereocenters. The lowest BCUT2D eigenvalue weighted by Crippen LogP contribution is -2.31. The van der Waals surface area contributed by atoms with Crippen molar-refractivity contribution in [2.75, 3.05) is 29.9 Å². The Morgan fingerprint density at radius 1 is 1.19 bits per heavy atom. The number of carbonyl (C=O) groups excluding carboxylic acids is 1. The number of carbonyl (C=O) groups is 1. The van der Waals surface area contributed by atoms with Crippen molar-refractivity contribution < 1.29 is 13.9 Å². The summed E-state index contributed by atoms with van der Waals surface area (Å²) in [4.78, 5) is 18.5. The number of hydrogen-bond donors (Lipinski definition) is 1. The molecule has 1 aromatic heterocycles. The summed E-state index contributed by atoms with van der Waals surface area (Å²) in [7, 11) is 0. The number of halogens is 2. The summed E-state index contributed by atoms with van der Waals surface area (Å²) in [5, 5.41) is 3.37.